The van der Waals surface area contributed by atoms with Crippen LogP contribution in [-0.4, -0.2) is 95.2 Å². The van der Waals surface area contributed by atoms with Crippen LogP contribution in [0.2, 0.25) is 5.02 Å². The van der Waals surface area contributed by atoms with Gasteiger partial charge in [0.05, 0.1) is 29.1 Å². The number of hydrogen-bond acceptors (Lipinski definition) is 8. The van der Waals surface area contributed by atoms with Crippen molar-refractivity contribution < 1.29 is 13.9 Å². The molecule has 3 aromatic rings. The van der Waals surface area contributed by atoms with Gasteiger partial charge in [0.25, 0.3) is 5.91 Å². The number of rotatable bonds is 9. The van der Waals surface area contributed by atoms with Gasteiger partial charge < -0.3 is 24.3 Å². The monoisotopic (exact) mass is 618 g/mol. The molecule has 6 rings (SSSR count). The van der Waals surface area contributed by atoms with E-state index >= 15 is 0 Å². The highest BCUT2D eigenvalue weighted by molar-refractivity contribution is 6.36. The Labute approximate surface area is 261 Å². The Hall–Kier alpha value is -4.01. The predicted molar refractivity (Wildman–Crippen MR) is 169 cm³/mol. The van der Waals surface area contributed by atoms with Gasteiger partial charge in [0.1, 0.15) is 18.0 Å². The molecule has 2 atom stereocenters. The molecule has 230 valence electrons. The van der Waals surface area contributed by atoms with E-state index in [1.54, 1.807) is 0 Å². The Kier molecular flexibility index (Phi) is 8.56. The standard InChI is InChI=1S/C32H36ClFN8O2/c1-20(17-39(4)23-8-9-23)44-32-37-27-19-40(28-16-36-14-22-6-5-7-26(33)29(22)28)11-10-25(27)30(38-32)41-12-13-42(31(43)21(2)34)24(18-41)15-35-3/h5-7,14,16,20,23-24H,2,8-13,15,17-19H2,1,4H3/t20-,24+/m1/s1. The van der Waals surface area contributed by atoms with Crippen LogP contribution < -0.4 is 14.5 Å². The number of aromatic nitrogens is 3. The Morgan fingerprint density at radius 1 is 1.25 bits per heavy atom. The Morgan fingerprint density at radius 3 is 2.82 bits per heavy atom. The third-order valence-electron chi connectivity index (χ3n) is 8.67. The van der Waals surface area contributed by atoms with E-state index < -0.39 is 17.8 Å². The third-order valence-corrected chi connectivity index (χ3v) is 8.99. The molecule has 1 saturated heterocycles. The number of piperazine rings is 1. The second-order valence-electron chi connectivity index (χ2n) is 11.9. The fourth-order valence-corrected chi connectivity index (χ4v) is 6.62. The molecule has 4 heterocycles. The van der Waals surface area contributed by atoms with Gasteiger partial charge in [-0.1, -0.05) is 30.3 Å². The molecule has 2 fully saturated rings. The first-order valence-electron chi connectivity index (χ1n) is 15.0. The second kappa shape index (κ2) is 12.5. The molecular weight excluding hydrogens is 583 g/mol. The molecule has 44 heavy (non-hydrogen) atoms. The molecule has 3 aliphatic rings. The van der Waals surface area contributed by atoms with Crippen molar-refractivity contribution in [1.82, 2.24) is 24.8 Å². The number of carbonyl (C=O) groups excluding carboxylic acids is 1. The zero-order valence-electron chi connectivity index (χ0n) is 25.0. The molecule has 0 bridgehead atoms. The SMILES string of the molecule is [C-]#[N+]C[C@H]1CN(c2nc(O[C@H](C)CN(C)C3CC3)nc3c2CCN(c2cncc4cccc(Cl)c24)C3)CCN1C(=O)C(=C)F. The summed E-state index contributed by atoms with van der Waals surface area (Å²) in [5.41, 5.74) is 2.80. The van der Waals surface area contributed by atoms with E-state index in [2.05, 4.69) is 38.2 Å². The van der Waals surface area contributed by atoms with Gasteiger partial charge in [-0.3, -0.25) is 14.7 Å². The van der Waals surface area contributed by atoms with Crippen LogP contribution in [-0.2, 0) is 17.8 Å². The van der Waals surface area contributed by atoms with E-state index in [-0.39, 0.29) is 19.2 Å². The third kappa shape index (κ3) is 6.14. The number of benzene rings is 1. The summed E-state index contributed by atoms with van der Waals surface area (Å²) in [7, 11) is 2.11. The van der Waals surface area contributed by atoms with Crippen molar-refractivity contribution in [3.8, 4) is 6.01 Å². The molecule has 0 N–H and O–H groups in total. The van der Waals surface area contributed by atoms with Crippen molar-refractivity contribution in [1.29, 1.82) is 0 Å². The normalized spacial score (nSPS) is 19.1. The van der Waals surface area contributed by atoms with Crippen LogP contribution in [0.4, 0.5) is 15.9 Å². The summed E-state index contributed by atoms with van der Waals surface area (Å²) in [6.45, 7) is 15.7. The van der Waals surface area contributed by atoms with Crippen LogP contribution in [0.25, 0.3) is 15.6 Å². The fourth-order valence-electron chi connectivity index (χ4n) is 6.34. The number of likely N-dealkylation sites (N-methyl/N-ethyl adjacent to an activating group) is 1. The number of pyridine rings is 1. The van der Waals surface area contributed by atoms with Gasteiger partial charge in [0, 0.05) is 61.3 Å². The first-order valence-corrected chi connectivity index (χ1v) is 15.4. The molecule has 2 aliphatic heterocycles. The number of hydrogen-bond donors (Lipinski definition) is 0. The summed E-state index contributed by atoms with van der Waals surface area (Å²) in [4.78, 5) is 38.4. The molecule has 12 heteroatoms. The Balaban J connectivity index is 1.33. The molecular formula is C32H36ClFN8O2. The number of carbonyl (C=O) groups is 1. The lowest BCUT2D eigenvalue weighted by molar-refractivity contribution is -0.131. The van der Waals surface area contributed by atoms with E-state index in [9.17, 15) is 9.18 Å². The van der Waals surface area contributed by atoms with Crippen LogP contribution >= 0.6 is 11.6 Å². The topological polar surface area (TPSA) is 82.3 Å². The van der Waals surface area contributed by atoms with Gasteiger partial charge in [-0.2, -0.15) is 9.97 Å². The fraction of sp³-hybridized carbons (Fsp3) is 0.469. The molecule has 1 aliphatic carbocycles. The van der Waals surface area contributed by atoms with Crippen molar-refractivity contribution in [3.63, 3.8) is 0 Å². The summed E-state index contributed by atoms with van der Waals surface area (Å²) >= 11 is 6.66. The summed E-state index contributed by atoms with van der Waals surface area (Å²) in [6.07, 6.45) is 6.62. The van der Waals surface area contributed by atoms with Crippen LogP contribution in [0.5, 0.6) is 6.01 Å². The summed E-state index contributed by atoms with van der Waals surface area (Å²) in [5, 5.41) is 2.59. The number of anilines is 2. The first-order chi connectivity index (χ1) is 21.2. The van der Waals surface area contributed by atoms with Crippen LogP contribution in [0.15, 0.2) is 43.0 Å². The lowest BCUT2D eigenvalue weighted by Crippen LogP contribution is -2.57. The Morgan fingerprint density at radius 2 is 2.07 bits per heavy atom. The lowest BCUT2D eigenvalue weighted by Gasteiger charge is -2.41. The van der Waals surface area contributed by atoms with Gasteiger partial charge in [-0.15, -0.1) is 0 Å². The van der Waals surface area contributed by atoms with Crippen LogP contribution in [0, 0.1) is 6.57 Å². The molecule has 1 amide bonds. The zero-order chi connectivity index (χ0) is 31.0. The van der Waals surface area contributed by atoms with Gasteiger partial charge >= 0.3 is 6.01 Å². The molecule has 0 unspecified atom stereocenters. The average Bonchev–Trinajstić information content (AvgIpc) is 3.86. The predicted octanol–water partition coefficient (Wildman–Crippen LogP) is 4.52. The minimum Gasteiger partial charge on any atom is -0.459 e. The zero-order valence-corrected chi connectivity index (χ0v) is 25.8. The van der Waals surface area contributed by atoms with Gasteiger partial charge in [-0.05, 0) is 39.3 Å². The minimum atomic E-state index is -1.02. The molecule has 0 radical (unpaired) electrons. The average molecular weight is 619 g/mol. The molecule has 0 spiro atoms. The van der Waals surface area contributed by atoms with E-state index in [0.29, 0.717) is 49.7 Å². The maximum Gasteiger partial charge on any atom is 0.318 e. The second-order valence-corrected chi connectivity index (χ2v) is 12.3. The number of amides is 1. The minimum absolute atomic E-state index is 0.0549. The van der Waals surface area contributed by atoms with E-state index in [1.807, 2.05) is 37.5 Å². The Bertz CT molecular complexity index is 1620. The smallest absolute Gasteiger partial charge is 0.318 e. The van der Waals surface area contributed by atoms with E-state index in [0.717, 1.165) is 40.1 Å². The van der Waals surface area contributed by atoms with Crippen molar-refractivity contribution in [2.75, 3.05) is 56.1 Å². The van der Waals surface area contributed by atoms with Gasteiger partial charge in [-0.25, -0.2) is 11.0 Å². The van der Waals surface area contributed by atoms with Crippen molar-refractivity contribution >= 4 is 39.8 Å². The highest BCUT2D eigenvalue weighted by atomic mass is 35.5. The highest BCUT2D eigenvalue weighted by Crippen LogP contribution is 2.37. The number of ether oxygens (including phenoxy) is 1. The maximum atomic E-state index is 13.8. The highest BCUT2D eigenvalue weighted by Gasteiger charge is 2.36. The van der Waals surface area contributed by atoms with Crippen molar-refractivity contribution in [2.24, 2.45) is 0 Å². The van der Waals surface area contributed by atoms with E-state index in [4.69, 9.17) is 32.9 Å². The number of fused-ring (bicyclic) bond motifs is 2. The molecule has 1 saturated carbocycles. The summed E-state index contributed by atoms with van der Waals surface area (Å²) < 4.78 is 20.2. The quantitative estimate of drug-likeness (QED) is 0.256. The van der Waals surface area contributed by atoms with Crippen LogP contribution in [0.3, 0.4) is 0 Å². The van der Waals surface area contributed by atoms with Crippen molar-refractivity contribution in [3.05, 3.63) is 70.7 Å². The van der Waals surface area contributed by atoms with E-state index in [1.165, 1.54) is 17.7 Å². The summed E-state index contributed by atoms with van der Waals surface area (Å²) in [6, 6.07) is 6.22. The molecule has 2 aromatic heterocycles. The van der Waals surface area contributed by atoms with Crippen molar-refractivity contribution in [2.45, 2.75) is 50.9 Å². The lowest BCUT2D eigenvalue weighted by atomic mass is 10.0. The first kappa shape index (κ1) is 30.0. The molecule has 1 aromatic carbocycles. The van der Waals surface area contributed by atoms with Gasteiger partial charge in [0.2, 0.25) is 6.54 Å². The number of nitrogens with zero attached hydrogens (tertiary/aromatic N) is 8. The van der Waals surface area contributed by atoms with Crippen LogP contribution in [0.1, 0.15) is 31.0 Å². The maximum absolute atomic E-state index is 13.8. The number of halogens is 2. The summed E-state index contributed by atoms with van der Waals surface area (Å²) in [5.74, 6) is -1.04. The van der Waals surface area contributed by atoms with Gasteiger partial charge in [0.15, 0.2) is 5.83 Å². The molecule has 10 nitrogen and oxygen atoms in total. The largest absolute Gasteiger partial charge is 0.459 e.